The smallest absolute Gasteiger partial charge is 0.150 e. The van der Waals surface area contributed by atoms with E-state index in [9.17, 15) is 10.2 Å². The number of fused-ring (bicyclic) bond motifs is 1. The van der Waals surface area contributed by atoms with Crippen LogP contribution in [0.5, 0.6) is 23.0 Å². The largest absolute Gasteiger partial charge is 0.508 e. The van der Waals surface area contributed by atoms with Crippen LogP contribution in [0, 0.1) is 5.92 Å². The molecule has 3 aromatic carbocycles. The van der Waals surface area contributed by atoms with Crippen LogP contribution in [0.1, 0.15) is 50.0 Å². The van der Waals surface area contributed by atoms with Crippen LogP contribution in [0.4, 0.5) is 0 Å². The van der Waals surface area contributed by atoms with Crippen LogP contribution in [-0.2, 0) is 0 Å². The molecule has 2 unspecified atom stereocenters. The molecule has 2 heterocycles. The van der Waals surface area contributed by atoms with E-state index in [1.807, 2.05) is 43.3 Å². The van der Waals surface area contributed by atoms with Gasteiger partial charge in [-0.15, -0.1) is 0 Å². The van der Waals surface area contributed by atoms with Crippen LogP contribution in [0.2, 0.25) is 0 Å². The van der Waals surface area contributed by atoms with E-state index >= 15 is 0 Å². The van der Waals surface area contributed by atoms with Gasteiger partial charge in [-0.05, 0) is 91.9 Å². The van der Waals surface area contributed by atoms with Crippen LogP contribution in [0.25, 0.3) is 11.1 Å². The fourth-order valence-electron chi connectivity index (χ4n) is 5.15. The molecular formula is C30H33NO4. The minimum absolute atomic E-state index is 0.194. The van der Waals surface area contributed by atoms with Gasteiger partial charge in [0, 0.05) is 23.7 Å². The van der Waals surface area contributed by atoms with Gasteiger partial charge in [0.25, 0.3) is 0 Å². The first-order chi connectivity index (χ1) is 16.9. The maximum atomic E-state index is 10.1. The Morgan fingerprint density at radius 3 is 2.51 bits per heavy atom. The standard InChI is InChI=1S/C30H33NO4/c1-19-13-14-31(17-19)20(2)18-34-26-10-7-22(8-11-26)30-29(23-5-4-6-24(32)15-23)21(3)27-16-25(33)9-12-28(27)35-30/h4-12,15-16,19-20,30,32-33H,13-14,17-18H2,1-3H3/t19?,20?,30-/m0/s1. The highest BCUT2D eigenvalue weighted by atomic mass is 16.5. The predicted molar refractivity (Wildman–Crippen MR) is 139 cm³/mol. The highest BCUT2D eigenvalue weighted by Crippen LogP contribution is 2.47. The normalized spacial score (nSPS) is 20.9. The second-order valence-corrected chi connectivity index (χ2v) is 9.89. The quantitative estimate of drug-likeness (QED) is 0.444. The lowest BCUT2D eigenvalue weighted by Crippen LogP contribution is -2.35. The van der Waals surface area contributed by atoms with Crippen LogP contribution in [0.15, 0.2) is 66.7 Å². The molecule has 5 heteroatoms. The maximum Gasteiger partial charge on any atom is 0.150 e. The minimum atomic E-state index is -0.354. The minimum Gasteiger partial charge on any atom is -0.508 e. The van der Waals surface area contributed by atoms with Gasteiger partial charge in [0.1, 0.15) is 35.7 Å². The van der Waals surface area contributed by atoms with E-state index in [4.69, 9.17) is 9.47 Å². The first kappa shape index (κ1) is 23.3. The molecule has 1 saturated heterocycles. The number of rotatable bonds is 6. The zero-order valence-corrected chi connectivity index (χ0v) is 20.6. The number of nitrogens with zero attached hydrogens (tertiary/aromatic N) is 1. The molecule has 0 bridgehead atoms. The summed E-state index contributed by atoms with van der Waals surface area (Å²) < 4.78 is 12.6. The predicted octanol–water partition coefficient (Wildman–Crippen LogP) is 6.27. The second kappa shape index (κ2) is 9.67. The van der Waals surface area contributed by atoms with E-state index in [-0.39, 0.29) is 17.6 Å². The van der Waals surface area contributed by atoms with Gasteiger partial charge >= 0.3 is 0 Å². The Morgan fingerprint density at radius 1 is 1.03 bits per heavy atom. The molecule has 5 rings (SSSR count). The van der Waals surface area contributed by atoms with Crippen molar-refractivity contribution < 1.29 is 19.7 Å². The number of ether oxygens (including phenoxy) is 2. The summed E-state index contributed by atoms with van der Waals surface area (Å²) in [6, 6.07) is 20.9. The van der Waals surface area contributed by atoms with Crippen LogP contribution in [-0.4, -0.2) is 40.9 Å². The number of phenolic OH excluding ortho intramolecular Hbond substituents is 2. The van der Waals surface area contributed by atoms with Crippen LogP contribution >= 0.6 is 0 Å². The molecule has 2 aliphatic heterocycles. The van der Waals surface area contributed by atoms with E-state index in [1.54, 1.807) is 30.3 Å². The second-order valence-electron chi connectivity index (χ2n) is 9.89. The Kier molecular flexibility index (Phi) is 6.44. The van der Waals surface area contributed by atoms with Gasteiger partial charge in [0.2, 0.25) is 0 Å². The number of phenols is 2. The van der Waals surface area contributed by atoms with Crippen molar-refractivity contribution in [2.45, 2.75) is 39.3 Å². The fraction of sp³-hybridized carbons (Fsp3) is 0.333. The summed E-state index contributed by atoms with van der Waals surface area (Å²) in [4.78, 5) is 2.50. The number of likely N-dealkylation sites (tertiary alicyclic amines) is 1. The third kappa shape index (κ3) is 4.87. The molecule has 182 valence electrons. The third-order valence-electron chi connectivity index (χ3n) is 7.19. The zero-order valence-electron chi connectivity index (χ0n) is 20.6. The zero-order chi connectivity index (χ0) is 24.5. The summed E-state index contributed by atoms with van der Waals surface area (Å²) in [6.45, 7) is 9.52. The van der Waals surface area contributed by atoms with E-state index in [0.717, 1.165) is 58.3 Å². The number of benzene rings is 3. The first-order valence-corrected chi connectivity index (χ1v) is 12.4. The molecule has 0 aliphatic carbocycles. The van der Waals surface area contributed by atoms with Crippen molar-refractivity contribution >= 4 is 11.1 Å². The van der Waals surface area contributed by atoms with Crippen LogP contribution in [0.3, 0.4) is 0 Å². The fourth-order valence-corrected chi connectivity index (χ4v) is 5.15. The third-order valence-corrected chi connectivity index (χ3v) is 7.19. The van der Waals surface area contributed by atoms with Crippen molar-refractivity contribution in [3.63, 3.8) is 0 Å². The molecule has 2 aliphatic rings. The Bertz CT molecular complexity index is 1230. The average Bonchev–Trinajstić information content (AvgIpc) is 3.29. The van der Waals surface area contributed by atoms with Gasteiger partial charge in [-0.2, -0.15) is 0 Å². The molecule has 35 heavy (non-hydrogen) atoms. The SMILES string of the molecule is CC1=C(c2cccc(O)c2)[C@H](c2ccc(OCC(C)N3CCC(C)C3)cc2)Oc2ccc(O)cc21. The Morgan fingerprint density at radius 2 is 1.80 bits per heavy atom. The van der Waals surface area contributed by atoms with Gasteiger partial charge in [-0.3, -0.25) is 4.90 Å². The molecule has 0 saturated carbocycles. The van der Waals surface area contributed by atoms with Crippen molar-refractivity contribution in [1.29, 1.82) is 0 Å². The van der Waals surface area contributed by atoms with E-state index in [0.29, 0.717) is 12.6 Å². The summed E-state index contributed by atoms with van der Waals surface area (Å²) >= 11 is 0. The molecule has 3 aromatic rings. The van der Waals surface area contributed by atoms with Crippen molar-refractivity contribution in [2.75, 3.05) is 19.7 Å². The highest BCUT2D eigenvalue weighted by Gasteiger charge is 2.30. The Balaban J connectivity index is 1.41. The molecule has 0 aromatic heterocycles. The maximum absolute atomic E-state index is 10.1. The van der Waals surface area contributed by atoms with Crippen molar-refractivity contribution in [1.82, 2.24) is 4.90 Å². The number of hydrogen-bond donors (Lipinski definition) is 2. The van der Waals surface area contributed by atoms with E-state index < -0.39 is 0 Å². The summed E-state index contributed by atoms with van der Waals surface area (Å²) in [5.41, 5.74) is 4.70. The summed E-state index contributed by atoms with van der Waals surface area (Å²) in [5.74, 6) is 2.73. The molecular weight excluding hydrogens is 438 g/mol. The van der Waals surface area contributed by atoms with Gasteiger partial charge in [0.15, 0.2) is 0 Å². The van der Waals surface area contributed by atoms with E-state index in [2.05, 4.69) is 18.7 Å². The van der Waals surface area contributed by atoms with E-state index in [1.165, 1.54) is 6.42 Å². The van der Waals surface area contributed by atoms with Crippen molar-refractivity contribution in [3.8, 4) is 23.0 Å². The van der Waals surface area contributed by atoms with Gasteiger partial charge in [0.05, 0.1) is 0 Å². The van der Waals surface area contributed by atoms with Crippen LogP contribution < -0.4 is 9.47 Å². The molecule has 0 amide bonds. The Labute approximate surface area is 207 Å². The van der Waals surface area contributed by atoms with Gasteiger partial charge < -0.3 is 19.7 Å². The molecule has 3 atom stereocenters. The molecule has 5 nitrogen and oxygen atoms in total. The summed E-state index contributed by atoms with van der Waals surface area (Å²) in [5, 5.41) is 20.2. The molecule has 2 N–H and O–H groups in total. The molecule has 0 spiro atoms. The number of allylic oxidation sites excluding steroid dienone is 1. The topological polar surface area (TPSA) is 62.2 Å². The Hall–Kier alpha value is -3.44. The number of hydrogen-bond acceptors (Lipinski definition) is 5. The lowest BCUT2D eigenvalue weighted by atomic mass is 9.86. The summed E-state index contributed by atoms with van der Waals surface area (Å²) in [6.07, 6.45) is 0.908. The van der Waals surface area contributed by atoms with Gasteiger partial charge in [-0.25, -0.2) is 0 Å². The monoisotopic (exact) mass is 471 g/mol. The molecule has 0 radical (unpaired) electrons. The lowest BCUT2D eigenvalue weighted by molar-refractivity contribution is 0.169. The van der Waals surface area contributed by atoms with Gasteiger partial charge in [-0.1, -0.05) is 31.2 Å². The summed E-state index contributed by atoms with van der Waals surface area (Å²) in [7, 11) is 0. The average molecular weight is 472 g/mol. The first-order valence-electron chi connectivity index (χ1n) is 12.4. The van der Waals surface area contributed by atoms with Crippen molar-refractivity contribution in [2.24, 2.45) is 5.92 Å². The lowest BCUT2D eigenvalue weighted by Gasteiger charge is -2.31. The number of aromatic hydroxyl groups is 2. The highest BCUT2D eigenvalue weighted by molar-refractivity contribution is 5.95. The van der Waals surface area contributed by atoms with Crippen molar-refractivity contribution in [3.05, 3.63) is 83.4 Å². The molecule has 1 fully saturated rings.